The summed E-state index contributed by atoms with van der Waals surface area (Å²) in [6, 6.07) is 8.77. The Labute approximate surface area is 149 Å². The molecule has 6 nitrogen and oxygen atoms in total. The molecule has 0 aliphatic carbocycles. The summed E-state index contributed by atoms with van der Waals surface area (Å²) in [5.41, 5.74) is 2.90. The number of hydrogen-bond acceptors (Lipinski definition) is 5. The van der Waals surface area contributed by atoms with Gasteiger partial charge in [-0.1, -0.05) is 17.7 Å². The summed E-state index contributed by atoms with van der Waals surface area (Å²) in [4.78, 5) is 11.7. The molecule has 0 radical (unpaired) electrons. The van der Waals surface area contributed by atoms with Gasteiger partial charge in [0.1, 0.15) is 11.6 Å². The molecule has 0 aliphatic rings. The standard InChI is InChI=1S/C17H16ClFN2O4/c1-23-15-7-11(6-14(18)17(15)24-2)9-20-21-16(22)10-25-13-5-3-4-12(19)8-13/h3-9H,10H2,1-2H3,(H,21,22)/b20-9-. The molecule has 0 fully saturated rings. The fourth-order valence-electron chi connectivity index (χ4n) is 1.93. The van der Waals surface area contributed by atoms with E-state index in [4.69, 9.17) is 25.8 Å². The van der Waals surface area contributed by atoms with Crippen LogP contribution in [0.1, 0.15) is 5.56 Å². The third-order valence-corrected chi connectivity index (χ3v) is 3.31. The van der Waals surface area contributed by atoms with E-state index in [0.717, 1.165) is 0 Å². The normalized spacial score (nSPS) is 10.6. The number of rotatable bonds is 7. The van der Waals surface area contributed by atoms with Crippen molar-refractivity contribution in [3.63, 3.8) is 0 Å². The number of amides is 1. The quantitative estimate of drug-likeness (QED) is 0.604. The predicted octanol–water partition coefficient (Wildman–Crippen LogP) is 3.03. The highest BCUT2D eigenvalue weighted by Gasteiger charge is 2.10. The van der Waals surface area contributed by atoms with E-state index in [1.54, 1.807) is 18.2 Å². The Morgan fingerprint density at radius 3 is 2.76 bits per heavy atom. The van der Waals surface area contributed by atoms with Gasteiger partial charge in [0.15, 0.2) is 18.1 Å². The van der Waals surface area contributed by atoms with E-state index in [-0.39, 0.29) is 12.4 Å². The van der Waals surface area contributed by atoms with Gasteiger partial charge in [0.2, 0.25) is 0 Å². The molecule has 0 atom stereocenters. The molecule has 25 heavy (non-hydrogen) atoms. The van der Waals surface area contributed by atoms with Crippen LogP contribution in [0.2, 0.25) is 5.02 Å². The molecule has 0 aromatic heterocycles. The second kappa shape index (κ2) is 8.89. The number of methoxy groups -OCH3 is 2. The Balaban J connectivity index is 1.92. The lowest BCUT2D eigenvalue weighted by Crippen LogP contribution is -2.24. The summed E-state index contributed by atoms with van der Waals surface area (Å²) in [7, 11) is 2.97. The number of halogens is 2. The van der Waals surface area contributed by atoms with Crippen LogP contribution in [0.4, 0.5) is 4.39 Å². The van der Waals surface area contributed by atoms with Crippen molar-refractivity contribution in [2.24, 2.45) is 5.10 Å². The minimum Gasteiger partial charge on any atom is -0.493 e. The van der Waals surface area contributed by atoms with Gasteiger partial charge in [-0.05, 0) is 29.8 Å². The first-order valence-electron chi connectivity index (χ1n) is 7.15. The fraction of sp³-hybridized carbons (Fsp3) is 0.176. The lowest BCUT2D eigenvalue weighted by Gasteiger charge is -2.10. The summed E-state index contributed by atoms with van der Waals surface area (Å²) in [6.45, 7) is -0.298. The van der Waals surface area contributed by atoms with Crippen molar-refractivity contribution in [2.45, 2.75) is 0 Å². The van der Waals surface area contributed by atoms with E-state index in [2.05, 4.69) is 10.5 Å². The number of nitrogens with zero attached hydrogens (tertiary/aromatic N) is 1. The van der Waals surface area contributed by atoms with Crippen LogP contribution in [-0.4, -0.2) is 32.9 Å². The van der Waals surface area contributed by atoms with Crippen LogP contribution in [0.15, 0.2) is 41.5 Å². The Bertz CT molecular complexity index is 783. The highest BCUT2D eigenvalue weighted by Crippen LogP contribution is 2.35. The zero-order chi connectivity index (χ0) is 18.2. The molecule has 8 heteroatoms. The van der Waals surface area contributed by atoms with Crippen LogP contribution in [-0.2, 0) is 4.79 Å². The molecule has 2 rings (SSSR count). The Kier molecular flexibility index (Phi) is 6.59. The zero-order valence-corrected chi connectivity index (χ0v) is 14.3. The van der Waals surface area contributed by atoms with Crippen molar-refractivity contribution < 1.29 is 23.4 Å². The Morgan fingerprint density at radius 2 is 2.08 bits per heavy atom. The average molecular weight is 367 g/mol. The molecule has 0 saturated heterocycles. The number of hydrazone groups is 1. The van der Waals surface area contributed by atoms with E-state index in [1.165, 1.54) is 38.6 Å². The maximum atomic E-state index is 13.0. The monoisotopic (exact) mass is 366 g/mol. The van der Waals surface area contributed by atoms with Gasteiger partial charge in [0.25, 0.3) is 5.91 Å². The number of carbonyl (C=O) groups is 1. The van der Waals surface area contributed by atoms with E-state index in [9.17, 15) is 9.18 Å². The zero-order valence-electron chi connectivity index (χ0n) is 13.6. The molecule has 1 N–H and O–H groups in total. The molecule has 1 amide bonds. The lowest BCUT2D eigenvalue weighted by molar-refractivity contribution is -0.123. The van der Waals surface area contributed by atoms with Crippen LogP contribution in [0.3, 0.4) is 0 Å². The first kappa shape index (κ1) is 18.5. The molecule has 132 valence electrons. The molecule has 0 bridgehead atoms. The smallest absolute Gasteiger partial charge is 0.277 e. The van der Waals surface area contributed by atoms with Gasteiger partial charge in [-0.3, -0.25) is 4.79 Å². The maximum absolute atomic E-state index is 13.0. The minimum atomic E-state index is -0.493. The van der Waals surface area contributed by atoms with Crippen molar-refractivity contribution in [1.29, 1.82) is 0 Å². The van der Waals surface area contributed by atoms with E-state index in [1.807, 2.05) is 0 Å². The second-order valence-electron chi connectivity index (χ2n) is 4.78. The molecular formula is C17H16ClFN2O4. The molecule has 2 aromatic rings. The van der Waals surface area contributed by atoms with Crippen molar-refractivity contribution in [3.05, 3.63) is 52.8 Å². The minimum absolute atomic E-state index is 0.255. The number of carbonyl (C=O) groups excluding carboxylic acids is 1. The highest BCUT2D eigenvalue weighted by atomic mass is 35.5. The van der Waals surface area contributed by atoms with E-state index >= 15 is 0 Å². The SMILES string of the molecule is COc1cc(/C=N\NC(=O)COc2cccc(F)c2)cc(Cl)c1OC. The summed E-state index contributed by atoms with van der Waals surface area (Å²) in [5, 5.41) is 4.16. The van der Waals surface area contributed by atoms with Gasteiger partial charge in [0, 0.05) is 6.07 Å². The lowest BCUT2D eigenvalue weighted by atomic mass is 10.2. The number of hydrogen-bond donors (Lipinski definition) is 1. The molecule has 0 aliphatic heterocycles. The highest BCUT2D eigenvalue weighted by molar-refractivity contribution is 6.32. The van der Waals surface area contributed by atoms with Gasteiger partial charge in [-0.2, -0.15) is 5.10 Å². The predicted molar refractivity (Wildman–Crippen MR) is 92.2 cm³/mol. The summed E-state index contributed by atoms with van der Waals surface area (Å²) >= 11 is 6.08. The average Bonchev–Trinajstić information content (AvgIpc) is 2.59. The second-order valence-corrected chi connectivity index (χ2v) is 5.18. The first-order valence-corrected chi connectivity index (χ1v) is 7.53. The van der Waals surface area contributed by atoms with Crippen molar-refractivity contribution in [1.82, 2.24) is 5.43 Å². The van der Waals surface area contributed by atoms with Crippen LogP contribution in [0.5, 0.6) is 17.2 Å². The van der Waals surface area contributed by atoms with Gasteiger partial charge in [-0.15, -0.1) is 0 Å². The fourth-order valence-corrected chi connectivity index (χ4v) is 2.23. The largest absolute Gasteiger partial charge is 0.493 e. The van der Waals surface area contributed by atoms with Crippen molar-refractivity contribution >= 4 is 23.7 Å². The molecule has 0 saturated carbocycles. The summed E-state index contributed by atoms with van der Waals surface area (Å²) in [5.74, 6) is 0.171. The maximum Gasteiger partial charge on any atom is 0.277 e. The topological polar surface area (TPSA) is 69.2 Å². The first-order chi connectivity index (χ1) is 12.0. The Hall–Kier alpha value is -2.80. The van der Waals surface area contributed by atoms with Crippen molar-refractivity contribution in [2.75, 3.05) is 20.8 Å². The van der Waals surface area contributed by atoms with Gasteiger partial charge in [-0.25, -0.2) is 9.82 Å². The molecule has 2 aromatic carbocycles. The van der Waals surface area contributed by atoms with Gasteiger partial charge >= 0.3 is 0 Å². The van der Waals surface area contributed by atoms with E-state index < -0.39 is 11.7 Å². The Morgan fingerprint density at radius 1 is 1.28 bits per heavy atom. The number of ether oxygens (including phenoxy) is 3. The molecular weight excluding hydrogens is 351 g/mol. The molecule has 0 heterocycles. The third kappa shape index (κ3) is 5.36. The molecule has 0 spiro atoms. The third-order valence-electron chi connectivity index (χ3n) is 3.02. The number of benzene rings is 2. The van der Waals surface area contributed by atoms with Gasteiger partial charge in [0.05, 0.1) is 25.5 Å². The number of nitrogens with one attached hydrogen (secondary N) is 1. The van der Waals surface area contributed by atoms with Crippen molar-refractivity contribution in [3.8, 4) is 17.2 Å². The summed E-state index contributed by atoms with van der Waals surface area (Å²) in [6.07, 6.45) is 1.40. The summed E-state index contributed by atoms with van der Waals surface area (Å²) < 4.78 is 28.5. The van der Waals surface area contributed by atoms with E-state index in [0.29, 0.717) is 22.1 Å². The van der Waals surface area contributed by atoms with Gasteiger partial charge < -0.3 is 14.2 Å². The molecule has 0 unspecified atom stereocenters. The van der Waals surface area contributed by atoms with Crippen LogP contribution in [0.25, 0.3) is 0 Å². The van der Waals surface area contributed by atoms with Crippen LogP contribution >= 0.6 is 11.6 Å². The van der Waals surface area contributed by atoms with Crippen LogP contribution in [0, 0.1) is 5.82 Å². The van der Waals surface area contributed by atoms with Crippen LogP contribution < -0.4 is 19.6 Å².